The molecule has 3 amide bonds. The first-order chi connectivity index (χ1) is 14.1. The molecule has 7 heteroatoms. The summed E-state index contributed by atoms with van der Waals surface area (Å²) >= 11 is 0. The van der Waals surface area contributed by atoms with Gasteiger partial charge in [0.15, 0.2) is 0 Å². The van der Waals surface area contributed by atoms with Gasteiger partial charge >= 0.3 is 6.09 Å². The SMILES string of the molecule is CCCCNC(=O)C1CCC(C)N(C(=O)c2cccc(NC(=O)OC(C)(C)C)c2)C1. The number of ether oxygens (including phenoxy) is 1. The van der Waals surface area contributed by atoms with E-state index in [-0.39, 0.29) is 23.8 Å². The van der Waals surface area contributed by atoms with Crippen molar-refractivity contribution in [2.45, 2.75) is 71.9 Å². The molecular weight excluding hydrogens is 382 g/mol. The molecular formula is C23H35N3O4. The molecule has 0 radical (unpaired) electrons. The minimum atomic E-state index is -0.604. The number of nitrogens with one attached hydrogen (secondary N) is 2. The van der Waals surface area contributed by atoms with E-state index in [1.165, 1.54) is 0 Å². The number of likely N-dealkylation sites (tertiary alicyclic amines) is 1. The summed E-state index contributed by atoms with van der Waals surface area (Å²) in [5.74, 6) is -0.306. The Hall–Kier alpha value is -2.57. The number of hydrogen-bond acceptors (Lipinski definition) is 4. The highest BCUT2D eigenvalue weighted by Gasteiger charge is 2.33. The van der Waals surface area contributed by atoms with Gasteiger partial charge in [0.25, 0.3) is 5.91 Å². The van der Waals surface area contributed by atoms with Gasteiger partial charge in [0, 0.05) is 30.4 Å². The van der Waals surface area contributed by atoms with Crippen LogP contribution in [0.15, 0.2) is 24.3 Å². The van der Waals surface area contributed by atoms with Crippen LogP contribution < -0.4 is 10.6 Å². The maximum atomic E-state index is 13.2. The molecule has 1 saturated heterocycles. The molecule has 2 rings (SSSR count). The number of hydrogen-bond donors (Lipinski definition) is 2. The summed E-state index contributed by atoms with van der Waals surface area (Å²) in [4.78, 5) is 39.4. The van der Waals surface area contributed by atoms with Crippen molar-refractivity contribution in [3.8, 4) is 0 Å². The summed E-state index contributed by atoms with van der Waals surface area (Å²) in [6.07, 6.45) is 2.98. The summed E-state index contributed by atoms with van der Waals surface area (Å²) in [5, 5.41) is 5.65. The predicted molar refractivity (Wildman–Crippen MR) is 117 cm³/mol. The van der Waals surface area contributed by atoms with Gasteiger partial charge in [-0.3, -0.25) is 14.9 Å². The van der Waals surface area contributed by atoms with Gasteiger partial charge < -0.3 is 15.0 Å². The average Bonchev–Trinajstić information content (AvgIpc) is 2.66. The normalized spacial score (nSPS) is 19.2. The van der Waals surface area contributed by atoms with Crippen LogP contribution >= 0.6 is 0 Å². The summed E-state index contributed by atoms with van der Waals surface area (Å²) < 4.78 is 5.27. The third-order valence-electron chi connectivity index (χ3n) is 5.10. The lowest BCUT2D eigenvalue weighted by Gasteiger charge is -2.37. The molecule has 2 N–H and O–H groups in total. The molecule has 1 aliphatic heterocycles. The fourth-order valence-corrected chi connectivity index (χ4v) is 3.45. The number of anilines is 1. The molecule has 30 heavy (non-hydrogen) atoms. The third kappa shape index (κ3) is 7.04. The molecule has 2 atom stereocenters. The standard InChI is InChI=1S/C23H35N3O4/c1-6-7-13-24-20(27)18-12-11-16(2)26(15-18)21(28)17-9-8-10-19(14-17)25-22(29)30-23(3,4)5/h8-10,14,16,18H,6-7,11-13,15H2,1-5H3,(H,24,27)(H,25,29). The van der Waals surface area contributed by atoms with E-state index in [0.717, 1.165) is 25.7 Å². The van der Waals surface area contributed by atoms with Gasteiger partial charge in [0.05, 0.1) is 5.92 Å². The molecule has 1 fully saturated rings. The smallest absolute Gasteiger partial charge is 0.412 e. The van der Waals surface area contributed by atoms with E-state index in [4.69, 9.17) is 4.74 Å². The molecule has 1 aromatic carbocycles. The number of amides is 3. The Morgan fingerprint density at radius 3 is 2.60 bits per heavy atom. The van der Waals surface area contributed by atoms with Crippen molar-refractivity contribution in [2.24, 2.45) is 5.92 Å². The predicted octanol–water partition coefficient (Wildman–Crippen LogP) is 4.19. The zero-order chi connectivity index (χ0) is 22.3. The fraction of sp³-hybridized carbons (Fsp3) is 0.609. The van der Waals surface area contributed by atoms with Crippen molar-refractivity contribution < 1.29 is 19.1 Å². The van der Waals surface area contributed by atoms with Crippen LogP contribution in [0.3, 0.4) is 0 Å². The van der Waals surface area contributed by atoms with E-state index in [1.807, 2.05) is 6.92 Å². The molecule has 166 valence electrons. The first-order valence-corrected chi connectivity index (χ1v) is 10.8. The van der Waals surface area contributed by atoms with Crippen LogP contribution in [0.5, 0.6) is 0 Å². The van der Waals surface area contributed by atoms with Gasteiger partial charge in [-0.1, -0.05) is 19.4 Å². The van der Waals surface area contributed by atoms with Crippen LogP contribution in [0.1, 0.15) is 70.7 Å². The molecule has 0 aliphatic carbocycles. The van der Waals surface area contributed by atoms with Crippen molar-refractivity contribution in [1.82, 2.24) is 10.2 Å². The Bertz CT molecular complexity index is 757. The second kappa shape index (κ2) is 10.5. The van der Waals surface area contributed by atoms with Crippen LogP contribution in [0, 0.1) is 5.92 Å². The molecule has 1 aliphatic rings. The van der Waals surface area contributed by atoms with Gasteiger partial charge in [0.2, 0.25) is 5.91 Å². The minimum Gasteiger partial charge on any atom is -0.444 e. The summed E-state index contributed by atoms with van der Waals surface area (Å²) in [6, 6.07) is 6.86. The van der Waals surface area contributed by atoms with Crippen molar-refractivity contribution in [3.63, 3.8) is 0 Å². The lowest BCUT2D eigenvalue weighted by atomic mass is 9.92. The lowest BCUT2D eigenvalue weighted by Crippen LogP contribution is -2.49. The Labute approximate surface area is 179 Å². The third-order valence-corrected chi connectivity index (χ3v) is 5.10. The van der Waals surface area contributed by atoms with E-state index in [9.17, 15) is 14.4 Å². The van der Waals surface area contributed by atoms with Gasteiger partial charge in [-0.25, -0.2) is 4.79 Å². The second-order valence-corrected chi connectivity index (χ2v) is 8.93. The Kier molecular flexibility index (Phi) is 8.26. The van der Waals surface area contributed by atoms with Gasteiger partial charge in [0.1, 0.15) is 5.60 Å². The van der Waals surface area contributed by atoms with E-state index in [1.54, 1.807) is 49.9 Å². The van der Waals surface area contributed by atoms with Crippen LogP contribution in [-0.2, 0) is 9.53 Å². The number of carbonyl (C=O) groups is 3. The molecule has 0 bridgehead atoms. The minimum absolute atomic E-state index is 0.0218. The number of benzene rings is 1. The molecule has 1 aromatic rings. The first kappa shape index (κ1) is 23.7. The van der Waals surface area contributed by atoms with Crippen LogP contribution in [0.4, 0.5) is 10.5 Å². The molecule has 0 saturated carbocycles. The highest BCUT2D eigenvalue weighted by molar-refractivity contribution is 5.97. The zero-order valence-corrected chi connectivity index (χ0v) is 18.8. The van der Waals surface area contributed by atoms with Gasteiger partial charge in [-0.2, -0.15) is 0 Å². The van der Waals surface area contributed by atoms with Crippen molar-refractivity contribution in [1.29, 1.82) is 0 Å². The summed E-state index contributed by atoms with van der Waals surface area (Å²) in [6.45, 7) is 10.5. The Balaban J connectivity index is 2.05. The summed E-state index contributed by atoms with van der Waals surface area (Å²) in [5.41, 5.74) is 0.365. The number of piperidine rings is 1. The largest absolute Gasteiger partial charge is 0.444 e. The highest BCUT2D eigenvalue weighted by atomic mass is 16.6. The van der Waals surface area contributed by atoms with Crippen molar-refractivity contribution in [2.75, 3.05) is 18.4 Å². The number of nitrogens with zero attached hydrogens (tertiary/aromatic N) is 1. The number of carbonyl (C=O) groups excluding carboxylic acids is 3. The molecule has 0 spiro atoms. The van der Waals surface area contributed by atoms with Crippen LogP contribution in [-0.4, -0.2) is 47.5 Å². The monoisotopic (exact) mass is 417 g/mol. The van der Waals surface area contributed by atoms with E-state index >= 15 is 0 Å². The number of rotatable bonds is 6. The first-order valence-electron chi connectivity index (χ1n) is 10.8. The Morgan fingerprint density at radius 1 is 1.20 bits per heavy atom. The summed E-state index contributed by atoms with van der Waals surface area (Å²) in [7, 11) is 0. The lowest BCUT2D eigenvalue weighted by molar-refractivity contribution is -0.126. The van der Waals surface area contributed by atoms with Crippen molar-refractivity contribution >= 4 is 23.6 Å². The van der Waals surface area contributed by atoms with Gasteiger partial charge in [-0.15, -0.1) is 0 Å². The molecule has 1 heterocycles. The maximum Gasteiger partial charge on any atom is 0.412 e. The van der Waals surface area contributed by atoms with E-state index in [0.29, 0.717) is 24.3 Å². The quantitative estimate of drug-likeness (QED) is 0.680. The van der Waals surface area contributed by atoms with E-state index in [2.05, 4.69) is 17.6 Å². The Morgan fingerprint density at radius 2 is 1.93 bits per heavy atom. The second-order valence-electron chi connectivity index (χ2n) is 8.93. The zero-order valence-electron chi connectivity index (χ0n) is 18.8. The topological polar surface area (TPSA) is 87.7 Å². The molecule has 2 unspecified atom stereocenters. The average molecular weight is 418 g/mol. The van der Waals surface area contributed by atoms with Crippen LogP contribution in [0.2, 0.25) is 0 Å². The highest BCUT2D eigenvalue weighted by Crippen LogP contribution is 2.25. The van der Waals surface area contributed by atoms with Crippen molar-refractivity contribution in [3.05, 3.63) is 29.8 Å². The number of unbranched alkanes of at least 4 members (excludes halogenated alkanes) is 1. The molecule has 0 aromatic heterocycles. The van der Waals surface area contributed by atoms with Gasteiger partial charge in [-0.05, 0) is 65.2 Å². The maximum absolute atomic E-state index is 13.2. The molecule has 7 nitrogen and oxygen atoms in total. The van der Waals surface area contributed by atoms with E-state index < -0.39 is 11.7 Å². The fourth-order valence-electron chi connectivity index (χ4n) is 3.45. The van der Waals surface area contributed by atoms with Crippen LogP contribution in [0.25, 0.3) is 0 Å².